The number of aliphatic hydroxyl groups excluding tert-OH is 1. The van der Waals surface area contributed by atoms with Gasteiger partial charge in [0.2, 0.25) is 17.7 Å². The van der Waals surface area contributed by atoms with Crippen LogP contribution in [0.5, 0.6) is 0 Å². The van der Waals surface area contributed by atoms with E-state index in [0.29, 0.717) is 12.6 Å². The third-order valence-corrected chi connectivity index (χ3v) is 6.23. The van der Waals surface area contributed by atoms with E-state index in [1.165, 1.54) is 6.92 Å². The molecular weight excluding hydrogens is 628 g/mol. The van der Waals surface area contributed by atoms with E-state index < -0.39 is 78.2 Å². The molecule has 3 amide bonds. The molecule has 18 nitrogen and oxygen atoms in total. The van der Waals surface area contributed by atoms with Gasteiger partial charge < -0.3 is 60.1 Å². The molecule has 0 aromatic heterocycles. The van der Waals surface area contributed by atoms with Crippen molar-refractivity contribution in [3.8, 4) is 0 Å². The van der Waals surface area contributed by atoms with Crippen LogP contribution in [-0.4, -0.2) is 123 Å². The summed E-state index contributed by atoms with van der Waals surface area (Å²) < 4.78 is 26.5. The van der Waals surface area contributed by atoms with E-state index in [-0.39, 0.29) is 58.7 Å². The first-order chi connectivity index (χ1) is 22.1. The van der Waals surface area contributed by atoms with Crippen molar-refractivity contribution in [2.45, 2.75) is 96.9 Å². The number of ether oxygens (including phenoxy) is 5. The maximum Gasteiger partial charge on any atom is 0.303 e. The summed E-state index contributed by atoms with van der Waals surface area (Å²) in [6.45, 7) is 5.69. The van der Waals surface area contributed by atoms with Crippen molar-refractivity contribution in [1.82, 2.24) is 16.0 Å². The van der Waals surface area contributed by atoms with Crippen LogP contribution in [0.15, 0.2) is 0 Å². The summed E-state index contributed by atoms with van der Waals surface area (Å²) in [6.07, 6.45) is -3.39. The third-order valence-electron chi connectivity index (χ3n) is 6.23. The van der Waals surface area contributed by atoms with Gasteiger partial charge in [0, 0.05) is 53.0 Å². The second-order valence-corrected chi connectivity index (χ2v) is 10.6. The summed E-state index contributed by atoms with van der Waals surface area (Å²) in [6, 6.07) is -3.08. The summed E-state index contributed by atoms with van der Waals surface area (Å²) in [7, 11) is 0. The Morgan fingerprint density at radius 3 is 1.96 bits per heavy atom. The van der Waals surface area contributed by atoms with E-state index >= 15 is 0 Å². The zero-order chi connectivity index (χ0) is 35.9. The molecular formula is C29H48N4O14. The first kappa shape index (κ1) is 43.0. The monoisotopic (exact) mass is 676 g/mol. The second-order valence-electron chi connectivity index (χ2n) is 10.6. The van der Waals surface area contributed by atoms with Gasteiger partial charge in [-0.25, -0.2) is 0 Å². The largest absolute Gasteiger partial charge is 0.465 e. The Kier molecular flexibility index (Phi) is 22.2. The summed E-state index contributed by atoms with van der Waals surface area (Å²) in [5, 5.41) is 18.3. The molecule has 0 aromatic rings. The number of hydrogen-bond acceptors (Lipinski definition) is 15. The molecule has 0 aromatic carbocycles. The van der Waals surface area contributed by atoms with Crippen molar-refractivity contribution in [2.75, 3.05) is 33.0 Å². The Bertz CT molecular complexity index is 1040. The molecule has 0 rings (SSSR count). The molecule has 47 heavy (non-hydrogen) atoms. The van der Waals surface area contributed by atoms with Crippen LogP contribution in [0.4, 0.5) is 0 Å². The smallest absolute Gasteiger partial charge is 0.303 e. The SMILES string of the molecule is CC(=O)NC(C(O)OCCOCCNC(=O)CC[C@@H](C=O)NC(=O)CC[C@H](N)C=O)C(OC(C)=O)C(OC(C)=O)C(C)COC(C)=O. The lowest BCUT2D eigenvalue weighted by Crippen LogP contribution is -2.59. The highest BCUT2D eigenvalue weighted by Crippen LogP contribution is 2.22. The molecule has 0 spiro atoms. The van der Waals surface area contributed by atoms with Crippen molar-refractivity contribution in [3.05, 3.63) is 0 Å². The minimum atomic E-state index is -1.78. The molecule has 0 aliphatic carbocycles. The van der Waals surface area contributed by atoms with Gasteiger partial charge in [0.25, 0.3) is 0 Å². The number of carbonyl (C=O) groups is 8. The number of nitrogens with two attached hydrogens (primary N) is 1. The fourth-order valence-electron chi connectivity index (χ4n) is 4.02. The number of aliphatic hydroxyl groups is 1. The molecule has 0 saturated carbocycles. The van der Waals surface area contributed by atoms with E-state index in [0.717, 1.165) is 20.8 Å². The van der Waals surface area contributed by atoms with Crippen LogP contribution in [0.25, 0.3) is 0 Å². The zero-order valence-electron chi connectivity index (χ0n) is 27.4. The quantitative estimate of drug-likeness (QED) is 0.0226. The standard InChI is InChI=1S/C29H48N4O14/c1-17(16-45-19(3)37)27(46-20(4)38)28(47-21(5)39)26(32-18(2)36)29(42)44-13-12-43-11-10-31-24(40)9-7-23(15-35)33-25(41)8-6-22(30)14-34/h14-15,17,22-23,26-29,42H,6-13,16,30H2,1-5H3,(H,31,40)(H,32,36)(H,33,41)/t17?,22-,23-,26?,27?,28?,29?/m0/s1. The van der Waals surface area contributed by atoms with Crippen LogP contribution in [0, 0.1) is 5.92 Å². The molecule has 7 atom stereocenters. The molecule has 0 heterocycles. The molecule has 0 fully saturated rings. The van der Waals surface area contributed by atoms with E-state index in [9.17, 15) is 43.5 Å². The van der Waals surface area contributed by atoms with E-state index in [4.69, 9.17) is 29.4 Å². The summed E-state index contributed by atoms with van der Waals surface area (Å²) >= 11 is 0. The van der Waals surface area contributed by atoms with Gasteiger partial charge in [-0.3, -0.25) is 28.8 Å². The van der Waals surface area contributed by atoms with Crippen LogP contribution in [0.1, 0.15) is 60.3 Å². The van der Waals surface area contributed by atoms with Crippen molar-refractivity contribution in [3.63, 3.8) is 0 Å². The van der Waals surface area contributed by atoms with Gasteiger partial charge in [0.1, 0.15) is 24.7 Å². The lowest BCUT2D eigenvalue weighted by molar-refractivity contribution is -0.196. The molecule has 6 N–H and O–H groups in total. The summed E-state index contributed by atoms with van der Waals surface area (Å²) in [5.41, 5.74) is 5.43. The molecule has 268 valence electrons. The number of rotatable bonds is 25. The Morgan fingerprint density at radius 2 is 1.40 bits per heavy atom. The van der Waals surface area contributed by atoms with Crippen LogP contribution >= 0.6 is 0 Å². The van der Waals surface area contributed by atoms with Gasteiger partial charge in [-0.05, 0) is 12.8 Å². The minimum absolute atomic E-state index is 0.0408. The maximum absolute atomic E-state index is 12.1. The number of carbonyl (C=O) groups excluding carboxylic acids is 8. The van der Waals surface area contributed by atoms with E-state index in [1.807, 2.05) is 0 Å². The number of hydrogen-bond donors (Lipinski definition) is 5. The predicted molar refractivity (Wildman–Crippen MR) is 161 cm³/mol. The normalized spacial score (nSPS) is 15.3. The second kappa shape index (κ2) is 24.2. The summed E-state index contributed by atoms with van der Waals surface area (Å²) in [5.74, 6) is -4.42. The molecule has 0 aliphatic rings. The zero-order valence-corrected chi connectivity index (χ0v) is 27.4. The average molecular weight is 677 g/mol. The van der Waals surface area contributed by atoms with Crippen molar-refractivity contribution < 1.29 is 67.1 Å². The summed E-state index contributed by atoms with van der Waals surface area (Å²) in [4.78, 5) is 92.9. The first-order valence-electron chi connectivity index (χ1n) is 15.0. The molecule has 0 radical (unpaired) electrons. The Hall–Kier alpha value is -4.00. The van der Waals surface area contributed by atoms with Gasteiger partial charge in [0.05, 0.1) is 38.5 Å². The topological polar surface area (TPSA) is 265 Å². The van der Waals surface area contributed by atoms with Gasteiger partial charge in [-0.2, -0.15) is 0 Å². The van der Waals surface area contributed by atoms with E-state index in [1.54, 1.807) is 6.92 Å². The first-order valence-corrected chi connectivity index (χ1v) is 15.0. The number of aldehydes is 2. The minimum Gasteiger partial charge on any atom is -0.465 e. The van der Waals surface area contributed by atoms with Crippen LogP contribution in [0.2, 0.25) is 0 Å². The lowest BCUT2D eigenvalue weighted by atomic mass is 9.94. The lowest BCUT2D eigenvalue weighted by Gasteiger charge is -2.37. The molecule has 5 unspecified atom stereocenters. The van der Waals surface area contributed by atoms with E-state index in [2.05, 4.69) is 16.0 Å². The van der Waals surface area contributed by atoms with Gasteiger partial charge in [-0.1, -0.05) is 6.92 Å². The fourth-order valence-corrected chi connectivity index (χ4v) is 4.02. The Morgan fingerprint density at radius 1 is 0.787 bits per heavy atom. The number of amides is 3. The molecule has 18 heteroatoms. The van der Waals surface area contributed by atoms with Crippen molar-refractivity contribution in [1.29, 1.82) is 0 Å². The fraction of sp³-hybridized carbons (Fsp3) is 0.724. The highest BCUT2D eigenvalue weighted by Gasteiger charge is 2.42. The number of esters is 3. The van der Waals surface area contributed by atoms with Crippen LogP contribution < -0.4 is 21.7 Å². The molecule has 0 aliphatic heterocycles. The van der Waals surface area contributed by atoms with Crippen LogP contribution in [-0.2, 0) is 62.0 Å². The predicted octanol–water partition coefficient (Wildman–Crippen LogP) is -2.21. The number of nitrogens with one attached hydrogen (secondary N) is 3. The van der Waals surface area contributed by atoms with Crippen molar-refractivity contribution >= 4 is 48.2 Å². The highest BCUT2D eigenvalue weighted by molar-refractivity contribution is 5.81. The maximum atomic E-state index is 12.1. The molecule has 0 saturated heterocycles. The highest BCUT2D eigenvalue weighted by atomic mass is 16.6. The van der Waals surface area contributed by atoms with Gasteiger partial charge in [0.15, 0.2) is 12.4 Å². The van der Waals surface area contributed by atoms with Gasteiger partial charge >= 0.3 is 17.9 Å². The van der Waals surface area contributed by atoms with Crippen molar-refractivity contribution in [2.24, 2.45) is 11.7 Å². The average Bonchev–Trinajstić information content (AvgIpc) is 3.00. The molecule has 0 bridgehead atoms. The van der Waals surface area contributed by atoms with Crippen LogP contribution in [0.3, 0.4) is 0 Å². The Balaban J connectivity index is 4.94. The van der Waals surface area contributed by atoms with Gasteiger partial charge in [-0.15, -0.1) is 0 Å². The Labute approximate surface area is 273 Å². The third kappa shape index (κ3) is 20.7.